The summed E-state index contributed by atoms with van der Waals surface area (Å²) in [5.41, 5.74) is 2.25. The molecule has 28 heavy (non-hydrogen) atoms. The van der Waals surface area contributed by atoms with Crippen molar-refractivity contribution in [2.75, 3.05) is 6.54 Å². The Labute approximate surface area is 166 Å². The minimum absolute atomic E-state index is 0.111. The number of rotatable bonds is 4. The van der Waals surface area contributed by atoms with Crippen LogP contribution in [-0.4, -0.2) is 34.3 Å². The van der Waals surface area contributed by atoms with Gasteiger partial charge < -0.3 is 10.2 Å². The van der Waals surface area contributed by atoms with E-state index in [-0.39, 0.29) is 11.8 Å². The van der Waals surface area contributed by atoms with Crippen molar-refractivity contribution in [3.05, 3.63) is 65.5 Å². The average molecular weight is 377 g/mol. The Morgan fingerprint density at radius 1 is 0.929 bits per heavy atom. The van der Waals surface area contributed by atoms with Crippen molar-refractivity contribution in [3.8, 4) is 0 Å². The molecule has 2 heterocycles. The van der Waals surface area contributed by atoms with Gasteiger partial charge in [-0.15, -0.1) is 0 Å². The number of pyridine rings is 1. The van der Waals surface area contributed by atoms with Gasteiger partial charge in [0, 0.05) is 42.7 Å². The smallest absolute Gasteiger partial charge is 0.254 e. The first-order chi connectivity index (χ1) is 13.7. The van der Waals surface area contributed by atoms with E-state index in [0.717, 1.165) is 24.9 Å². The summed E-state index contributed by atoms with van der Waals surface area (Å²) >= 11 is 0. The highest BCUT2D eigenvalue weighted by molar-refractivity contribution is 5.98. The maximum atomic E-state index is 13.1. The van der Waals surface area contributed by atoms with Crippen LogP contribution in [0.3, 0.4) is 0 Å². The number of carbonyl (C=O) groups excluding carboxylic acids is 2. The summed E-state index contributed by atoms with van der Waals surface area (Å²) < 4.78 is 0. The molecule has 2 aromatic rings. The topological polar surface area (TPSA) is 62.3 Å². The summed E-state index contributed by atoms with van der Waals surface area (Å²) in [6.07, 6.45) is 10.7. The number of aromatic nitrogens is 1. The predicted octanol–water partition coefficient (Wildman–Crippen LogP) is 3.81. The Hall–Kier alpha value is -2.69. The van der Waals surface area contributed by atoms with E-state index in [1.54, 1.807) is 36.7 Å². The number of amides is 2. The van der Waals surface area contributed by atoms with Crippen LogP contribution in [0.4, 0.5) is 0 Å². The molecule has 5 heteroatoms. The quantitative estimate of drug-likeness (QED) is 0.881. The minimum atomic E-state index is -0.138. The normalized spacial score (nSPS) is 21.6. The van der Waals surface area contributed by atoms with Crippen LogP contribution < -0.4 is 5.32 Å². The highest BCUT2D eigenvalue weighted by Crippen LogP contribution is 2.35. The fourth-order valence-corrected chi connectivity index (χ4v) is 4.59. The molecule has 0 unspecified atom stereocenters. The van der Waals surface area contributed by atoms with Gasteiger partial charge in [0.15, 0.2) is 0 Å². The summed E-state index contributed by atoms with van der Waals surface area (Å²) in [7, 11) is 0. The van der Waals surface area contributed by atoms with Crippen molar-refractivity contribution in [1.82, 2.24) is 15.2 Å². The number of hydrogen-bond donors (Lipinski definition) is 1. The Morgan fingerprint density at radius 2 is 1.61 bits per heavy atom. The fourth-order valence-electron chi connectivity index (χ4n) is 4.59. The molecule has 4 rings (SSSR count). The average Bonchev–Trinajstić information content (AvgIpc) is 2.77. The lowest BCUT2D eigenvalue weighted by Gasteiger charge is -2.44. The Morgan fingerprint density at radius 3 is 2.39 bits per heavy atom. The van der Waals surface area contributed by atoms with Crippen molar-refractivity contribution < 1.29 is 9.59 Å². The summed E-state index contributed by atoms with van der Waals surface area (Å²) in [4.78, 5) is 31.5. The summed E-state index contributed by atoms with van der Waals surface area (Å²) in [5.74, 6) is 0.645. The number of carbonyl (C=O) groups is 2. The lowest BCUT2D eigenvalue weighted by atomic mass is 9.78. The van der Waals surface area contributed by atoms with Gasteiger partial charge in [0.1, 0.15) is 0 Å². The third kappa shape index (κ3) is 4.08. The number of fused-ring (bicyclic) bond motifs is 1. The van der Waals surface area contributed by atoms with Gasteiger partial charge in [0.25, 0.3) is 11.8 Å². The van der Waals surface area contributed by atoms with E-state index >= 15 is 0 Å². The highest BCUT2D eigenvalue weighted by Gasteiger charge is 2.35. The molecule has 1 aliphatic carbocycles. The van der Waals surface area contributed by atoms with Crippen molar-refractivity contribution in [2.24, 2.45) is 5.92 Å². The maximum absolute atomic E-state index is 13.1. The number of benzene rings is 1. The molecule has 1 aliphatic heterocycles. The van der Waals surface area contributed by atoms with Crippen LogP contribution in [0.1, 0.15) is 64.8 Å². The molecule has 2 amide bonds. The van der Waals surface area contributed by atoms with E-state index in [1.807, 2.05) is 12.1 Å². The predicted molar refractivity (Wildman–Crippen MR) is 108 cm³/mol. The molecule has 1 N–H and O–H groups in total. The zero-order valence-electron chi connectivity index (χ0n) is 16.1. The van der Waals surface area contributed by atoms with Crippen LogP contribution in [0.15, 0.2) is 48.8 Å². The van der Waals surface area contributed by atoms with Gasteiger partial charge in [-0.25, -0.2) is 0 Å². The second kappa shape index (κ2) is 8.55. The number of likely N-dealkylation sites (tertiary alicyclic amines) is 1. The fraction of sp³-hybridized carbons (Fsp3) is 0.435. The molecule has 1 aromatic heterocycles. The van der Waals surface area contributed by atoms with Crippen LogP contribution in [-0.2, 0) is 6.54 Å². The molecule has 0 spiro atoms. The third-order valence-electron chi connectivity index (χ3n) is 6.10. The lowest BCUT2D eigenvalue weighted by molar-refractivity contribution is 0.0390. The molecular formula is C23H27N3O2. The molecule has 2 aliphatic rings. The summed E-state index contributed by atoms with van der Waals surface area (Å²) in [6.45, 7) is 1.31. The molecule has 146 valence electrons. The number of piperidine rings is 1. The largest absolute Gasteiger partial charge is 0.348 e. The first kappa shape index (κ1) is 18.7. The zero-order chi connectivity index (χ0) is 19.3. The summed E-state index contributed by atoms with van der Waals surface area (Å²) in [6, 6.07) is 11.2. The molecule has 1 saturated carbocycles. The molecule has 2 atom stereocenters. The van der Waals surface area contributed by atoms with E-state index in [9.17, 15) is 9.59 Å². The van der Waals surface area contributed by atoms with Crippen molar-refractivity contribution in [2.45, 2.75) is 51.1 Å². The van der Waals surface area contributed by atoms with E-state index < -0.39 is 0 Å². The van der Waals surface area contributed by atoms with E-state index in [1.165, 1.54) is 25.7 Å². The standard InChI is InChI=1S/C23H27N3O2/c27-22(25-16-17-11-13-24-14-12-17)19-7-9-20(10-8-19)23(28)26-15-3-5-18-4-1-2-6-21(18)26/h7-14,18,21H,1-6,15-16H2,(H,25,27)/t18-,21-/m0/s1. The highest BCUT2D eigenvalue weighted by atomic mass is 16.2. The lowest BCUT2D eigenvalue weighted by Crippen LogP contribution is -2.49. The monoisotopic (exact) mass is 377 g/mol. The minimum Gasteiger partial charge on any atom is -0.348 e. The number of hydrogen-bond acceptors (Lipinski definition) is 3. The number of nitrogens with zero attached hydrogens (tertiary/aromatic N) is 2. The second-order valence-electron chi connectivity index (χ2n) is 7.87. The first-order valence-electron chi connectivity index (χ1n) is 10.3. The second-order valence-corrected chi connectivity index (χ2v) is 7.87. The molecule has 1 aromatic carbocycles. The molecule has 2 fully saturated rings. The Kier molecular flexibility index (Phi) is 5.70. The van der Waals surface area contributed by atoms with Crippen LogP contribution in [0.25, 0.3) is 0 Å². The van der Waals surface area contributed by atoms with Gasteiger partial charge in [-0.3, -0.25) is 14.6 Å². The molecule has 0 bridgehead atoms. The van der Waals surface area contributed by atoms with E-state index in [4.69, 9.17) is 0 Å². The van der Waals surface area contributed by atoms with Crippen LogP contribution in [0.5, 0.6) is 0 Å². The van der Waals surface area contributed by atoms with Gasteiger partial charge in [0.2, 0.25) is 0 Å². The molecule has 1 saturated heterocycles. The van der Waals surface area contributed by atoms with Crippen molar-refractivity contribution in [3.63, 3.8) is 0 Å². The Balaban J connectivity index is 1.39. The van der Waals surface area contributed by atoms with E-state index in [0.29, 0.717) is 29.6 Å². The van der Waals surface area contributed by atoms with Gasteiger partial charge in [0.05, 0.1) is 0 Å². The first-order valence-corrected chi connectivity index (χ1v) is 10.3. The summed E-state index contributed by atoms with van der Waals surface area (Å²) in [5, 5.41) is 2.90. The zero-order valence-corrected chi connectivity index (χ0v) is 16.1. The molecule has 0 radical (unpaired) electrons. The van der Waals surface area contributed by atoms with Crippen LogP contribution >= 0.6 is 0 Å². The van der Waals surface area contributed by atoms with Gasteiger partial charge in [-0.05, 0) is 73.6 Å². The van der Waals surface area contributed by atoms with Gasteiger partial charge in [-0.2, -0.15) is 0 Å². The SMILES string of the molecule is O=C(NCc1ccncc1)c1ccc(C(=O)N2CCC[C@@H]3CCCC[C@@H]32)cc1. The van der Waals surface area contributed by atoms with Crippen LogP contribution in [0, 0.1) is 5.92 Å². The van der Waals surface area contributed by atoms with Crippen molar-refractivity contribution >= 4 is 11.8 Å². The number of nitrogens with one attached hydrogen (secondary N) is 1. The Bertz CT molecular complexity index is 818. The molecular weight excluding hydrogens is 350 g/mol. The van der Waals surface area contributed by atoms with Crippen molar-refractivity contribution in [1.29, 1.82) is 0 Å². The maximum Gasteiger partial charge on any atom is 0.254 e. The molecule has 5 nitrogen and oxygen atoms in total. The van der Waals surface area contributed by atoms with Crippen LogP contribution in [0.2, 0.25) is 0 Å². The third-order valence-corrected chi connectivity index (χ3v) is 6.10. The van der Waals surface area contributed by atoms with Gasteiger partial charge in [-0.1, -0.05) is 12.8 Å². The van der Waals surface area contributed by atoms with Gasteiger partial charge >= 0.3 is 0 Å². The van der Waals surface area contributed by atoms with E-state index in [2.05, 4.69) is 15.2 Å².